The van der Waals surface area contributed by atoms with Crippen molar-refractivity contribution < 1.29 is 5.11 Å². The minimum Gasteiger partial charge on any atom is -0.390 e. The monoisotopic (exact) mass is 155 g/mol. The fourth-order valence-corrected chi connectivity index (χ4v) is 0.852. The average Bonchev–Trinajstić information content (AvgIpc) is 1.95. The van der Waals surface area contributed by atoms with Crippen LogP contribution >= 0.6 is 11.6 Å². The highest BCUT2D eigenvalue weighted by Gasteiger charge is 1.90. The molecule has 0 aliphatic rings. The summed E-state index contributed by atoms with van der Waals surface area (Å²) in [5, 5.41) is 9.15. The molecule has 0 aliphatic carbocycles. The molecular weight excluding hydrogens is 148 g/mol. The fourth-order valence-electron chi connectivity index (χ4n) is 0.726. The quantitative estimate of drug-likeness (QED) is 0.696. The predicted molar refractivity (Wildman–Crippen MR) is 41.4 cm³/mol. The molecule has 0 atom stereocenters. The van der Waals surface area contributed by atoms with Crippen LogP contribution in [0, 0.1) is 6.61 Å². The van der Waals surface area contributed by atoms with Crippen LogP contribution in [0.3, 0.4) is 0 Å². The summed E-state index contributed by atoms with van der Waals surface area (Å²) in [5.41, 5.74) is 1.06. The minimum atomic E-state index is 0.581. The Kier molecular flexibility index (Phi) is 2.72. The lowest BCUT2D eigenvalue weighted by Gasteiger charge is -1.95. The maximum Gasteiger partial charge on any atom is 0.0842 e. The van der Waals surface area contributed by atoms with Gasteiger partial charge < -0.3 is 5.11 Å². The van der Waals surface area contributed by atoms with Crippen LogP contribution in [0.2, 0.25) is 5.02 Å². The van der Waals surface area contributed by atoms with E-state index in [2.05, 4.69) is 0 Å². The van der Waals surface area contributed by atoms with Crippen LogP contribution in [0.4, 0.5) is 0 Å². The second-order valence-electron chi connectivity index (χ2n) is 2.01. The molecule has 0 unspecified atom stereocenters. The molecule has 0 spiro atoms. The summed E-state index contributed by atoms with van der Waals surface area (Å²) in [5.74, 6) is 0. The largest absolute Gasteiger partial charge is 0.390 e. The van der Waals surface area contributed by atoms with Gasteiger partial charge in [-0.3, -0.25) is 0 Å². The highest BCUT2D eigenvalue weighted by atomic mass is 35.5. The second-order valence-corrected chi connectivity index (χ2v) is 2.45. The van der Waals surface area contributed by atoms with Crippen molar-refractivity contribution in [3.63, 3.8) is 0 Å². The van der Waals surface area contributed by atoms with Crippen LogP contribution in [0.5, 0.6) is 0 Å². The van der Waals surface area contributed by atoms with Gasteiger partial charge in [0.25, 0.3) is 0 Å². The molecule has 1 rings (SSSR count). The van der Waals surface area contributed by atoms with E-state index >= 15 is 0 Å². The maximum absolute atomic E-state index is 8.43. The first-order valence-electron chi connectivity index (χ1n) is 3.03. The van der Waals surface area contributed by atoms with Gasteiger partial charge in [-0.25, -0.2) is 0 Å². The normalized spacial score (nSPS) is 9.80. The smallest absolute Gasteiger partial charge is 0.0842 e. The standard InChI is InChI=1S/C8H8ClO/c9-8-3-1-7(2-4-8)5-6-10/h1-4,6,10H,5H2. The summed E-state index contributed by atoms with van der Waals surface area (Å²) in [6.07, 6.45) is 0.581. The molecule has 53 valence electrons. The van der Waals surface area contributed by atoms with Crippen LogP contribution in [-0.4, -0.2) is 5.11 Å². The maximum atomic E-state index is 8.43. The van der Waals surface area contributed by atoms with Crippen molar-refractivity contribution in [2.75, 3.05) is 0 Å². The van der Waals surface area contributed by atoms with Crippen LogP contribution in [0.1, 0.15) is 5.56 Å². The first-order valence-corrected chi connectivity index (χ1v) is 3.41. The number of hydrogen-bond acceptors (Lipinski definition) is 1. The van der Waals surface area contributed by atoms with E-state index in [4.69, 9.17) is 16.7 Å². The third-order valence-electron chi connectivity index (χ3n) is 1.24. The van der Waals surface area contributed by atoms with Gasteiger partial charge >= 0.3 is 0 Å². The van der Waals surface area contributed by atoms with E-state index in [1.807, 2.05) is 12.1 Å². The van der Waals surface area contributed by atoms with Crippen LogP contribution in [-0.2, 0) is 6.42 Å². The Morgan fingerprint density at radius 1 is 1.30 bits per heavy atom. The van der Waals surface area contributed by atoms with E-state index in [9.17, 15) is 0 Å². The van der Waals surface area contributed by atoms with E-state index in [1.165, 1.54) is 0 Å². The van der Waals surface area contributed by atoms with Gasteiger partial charge in [0, 0.05) is 11.4 Å². The van der Waals surface area contributed by atoms with Crippen LogP contribution in [0.25, 0.3) is 0 Å². The summed E-state index contributed by atoms with van der Waals surface area (Å²) in [4.78, 5) is 0. The number of aliphatic hydroxyl groups excluding tert-OH is 1. The zero-order valence-corrected chi connectivity index (χ0v) is 6.17. The zero-order chi connectivity index (χ0) is 7.40. The van der Waals surface area contributed by atoms with Gasteiger partial charge in [-0.15, -0.1) is 0 Å². The molecule has 0 aliphatic heterocycles. The van der Waals surface area contributed by atoms with Gasteiger partial charge in [-0.1, -0.05) is 23.7 Å². The van der Waals surface area contributed by atoms with Gasteiger partial charge in [-0.05, 0) is 17.7 Å². The number of aliphatic hydroxyl groups is 1. The fraction of sp³-hybridized carbons (Fsp3) is 0.125. The van der Waals surface area contributed by atoms with Crippen molar-refractivity contribution >= 4 is 11.6 Å². The molecule has 0 aromatic heterocycles. The molecule has 0 amide bonds. The molecule has 1 radical (unpaired) electrons. The summed E-state index contributed by atoms with van der Waals surface area (Å²) in [6, 6.07) is 7.38. The zero-order valence-electron chi connectivity index (χ0n) is 5.42. The molecule has 0 saturated heterocycles. The van der Waals surface area contributed by atoms with Crippen LogP contribution < -0.4 is 0 Å². The third-order valence-corrected chi connectivity index (χ3v) is 1.49. The van der Waals surface area contributed by atoms with Gasteiger partial charge in [0.15, 0.2) is 0 Å². The van der Waals surface area contributed by atoms with Crippen LogP contribution in [0.15, 0.2) is 24.3 Å². The molecule has 10 heavy (non-hydrogen) atoms. The molecule has 0 fully saturated rings. The second kappa shape index (κ2) is 3.59. The summed E-state index contributed by atoms with van der Waals surface area (Å²) < 4.78 is 0. The van der Waals surface area contributed by atoms with E-state index < -0.39 is 0 Å². The predicted octanol–water partition coefficient (Wildman–Crippen LogP) is 2.42. The van der Waals surface area contributed by atoms with Crippen molar-refractivity contribution in [1.82, 2.24) is 0 Å². The number of benzene rings is 1. The number of halogens is 1. The molecule has 2 heteroatoms. The Bertz CT molecular complexity index is 193. The van der Waals surface area contributed by atoms with Crippen molar-refractivity contribution in [1.29, 1.82) is 0 Å². The Morgan fingerprint density at radius 2 is 1.90 bits per heavy atom. The first kappa shape index (κ1) is 7.58. The van der Waals surface area contributed by atoms with Gasteiger partial charge in [-0.2, -0.15) is 0 Å². The van der Waals surface area contributed by atoms with Crippen molar-refractivity contribution in [3.05, 3.63) is 41.5 Å². The molecule has 1 nitrogen and oxygen atoms in total. The summed E-state index contributed by atoms with van der Waals surface area (Å²) >= 11 is 5.64. The van der Waals surface area contributed by atoms with E-state index in [0.29, 0.717) is 6.42 Å². The molecule has 1 aromatic rings. The molecule has 1 N–H and O–H groups in total. The Balaban J connectivity index is 2.69. The van der Waals surface area contributed by atoms with Crippen molar-refractivity contribution in [2.45, 2.75) is 6.42 Å². The molecule has 1 aromatic carbocycles. The number of hydrogen-bond donors (Lipinski definition) is 1. The lowest BCUT2D eigenvalue weighted by molar-refractivity contribution is 0.385. The molecular formula is C8H8ClO. The minimum absolute atomic E-state index is 0.581. The number of rotatable bonds is 2. The highest BCUT2D eigenvalue weighted by Crippen LogP contribution is 2.09. The lowest BCUT2D eigenvalue weighted by Crippen LogP contribution is -1.82. The Labute approximate surface area is 65.3 Å². The van der Waals surface area contributed by atoms with Gasteiger partial charge in [0.05, 0.1) is 6.61 Å². The Morgan fingerprint density at radius 3 is 2.40 bits per heavy atom. The van der Waals surface area contributed by atoms with Gasteiger partial charge in [0.1, 0.15) is 0 Å². The highest BCUT2D eigenvalue weighted by molar-refractivity contribution is 6.30. The van der Waals surface area contributed by atoms with Gasteiger partial charge in [0.2, 0.25) is 0 Å². The summed E-state index contributed by atoms with van der Waals surface area (Å²) in [7, 11) is 0. The molecule has 0 bridgehead atoms. The van der Waals surface area contributed by atoms with Crippen molar-refractivity contribution in [2.24, 2.45) is 0 Å². The van der Waals surface area contributed by atoms with E-state index in [-0.39, 0.29) is 0 Å². The topological polar surface area (TPSA) is 20.2 Å². The molecule has 0 saturated carbocycles. The third kappa shape index (κ3) is 2.01. The average molecular weight is 156 g/mol. The first-order chi connectivity index (χ1) is 4.83. The van der Waals surface area contributed by atoms with E-state index in [0.717, 1.165) is 17.2 Å². The van der Waals surface area contributed by atoms with E-state index in [1.54, 1.807) is 12.1 Å². The SMILES string of the molecule is O[CH]Cc1ccc(Cl)cc1. The summed E-state index contributed by atoms with van der Waals surface area (Å²) in [6.45, 7) is 1.13. The lowest BCUT2D eigenvalue weighted by atomic mass is 10.2. The Hall–Kier alpha value is -0.530. The van der Waals surface area contributed by atoms with Crippen molar-refractivity contribution in [3.8, 4) is 0 Å². The molecule has 0 heterocycles.